The Morgan fingerprint density at radius 1 is 1.21 bits per heavy atom. The molecule has 96 valence electrons. The fourth-order valence-electron chi connectivity index (χ4n) is 2.00. The zero-order valence-electron chi connectivity index (χ0n) is 10.6. The second-order valence-corrected chi connectivity index (χ2v) is 5.20. The van der Waals surface area contributed by atoms with Crippen LogP contribution in [-0.2, 0) is 0 Å². The van der Waals surface area contributed by atoms with Crippen molar-refractivity contribution >= 4 is 27.0 Å². The molecule has 0 unspecified atom stereocenters. The van der Waals surface area contributed by atoms with Crippen molar-refractivity contribution < 1.29 is 9.15 Å². The van der Waals surface area contributed by atoms with Crippen LogP contribution in [0.2, 0.25) is 0 Å². The van der Waals surface area contributed by atoms with E-state index in [1.165, 1.54) is 0 Å². The maximum Gasteiger partial charge on any atom is 0.227 e. The van der Waals surface area contributed by atoms with Gasteiger partial charge in [-0.25, -0.2) is 4.98 Å². The summed E-state index contributed by atoms with van der Waals surface area (Å²) in [5.74, 6) is 1.38. The Morgan fingerprint density at radius 3 is 2.84 bits per heavy atom. The average Bonchev–Trinajstić information content (AvgIpc) is 2.83. The average molecular weight is 318 g/mol. The predicted octanol–water partition coefficient (Wildman–Crippen LogP) is 4.57. The molecule has 0 N–H and O–H groups in total. The summed E-state index contributed by atoms with van der Waals surface area (Å²) in [5.41, 5.74) is 3.66. The van der Waals surface area contributed by atoms with Crippen LogP contribution in [0.1, 0.15) is 5.56 Å². The quantitative estimate of drug-likeness (QED) is 0.694. The highest BCUT2D eigenvalue weighted by Gasteiger charge is 2.11. The lowest BCUT2D eigenvalue weighted by Gasteiger charge is -2.00. The van der Waals surface area contributed by atoms with Gasteiger partial charge >= 0.3 is 0 Å². The van der Waals surface area contributed by atoms with Crippen molar-refractivity contribution in [3.05, 3.63) is 46.4 Å². The molecule has 0 bridgehead atoms. The first-order valence-electron chi connectivity index (χ1n) is 5.88. The van der Waals surface area contributed by atoms with Gasteiger partial charge in [0.05, 0.1) is 11.6 Å². The van der Waals surface area contributed by atoms with Crippen molar-refractivity contribution in [2.45, 2.75) is 6.92 Å². The summed E-state index contributed by atoms with van der Waals surface area (Å²) in [6.45, 7) is 2.03. The van der Waals surface area contributed by atoms with E-state index in [1.807, 2.05) is 43.3 Å². The second kappa shape index (κ2) is 4.70. The number of aromatic nitrogens is 1. The molecular weight excluding hydrogens is 306 g/mol. The van der Waals surface area contributed by atoms with Gasteiger partial charge in [0.25, 0.3) is 0 Å². The molecule has 19 heavy (non-hydrogen) atoms. The summed E-state index contributed by atoms with van der Waals surface area (Å²) in [7, 11) is 1.64. The van der Waals surface area contributed by atoms with Crippen molar-refractivity contribution in [3.63, 3.8) is 0 Å². The topological polar surface area (TPSA) is 35.3 Å². The first kappa shape index (κ1) is 12.2. The van der Waals surface area contributed by atoms with Gasteiger partial charge in [0, 0.05) is 5.56 Å². The number of nitrogens with zero attached hydrogens (tertiary/aromatic N) is 1. The van der Waals surface area contributed by atoms with Gasteiger partial charge in [-0.2, -0.15) is 0 Å². The fraction of sp³-hybridized carbons (Fsp3) is 0.133. The minimum atomic E-state index is 0.597. The van der Waals surface area contributed by atoms with Gasteiger partial charge in [-0.05, 0) is 58.7 Å². The number of ether oxygens (including phenoxy) is 1. The third-order valence-corrected chi connectivity index (χ3v) is 3.49. The van der Waals surface area contributed by atoms with Crippen molar-refractivity contribution in [2.75, 3.05) is 7.11 Å². The molecule has 4 heteroatoms. The molecule has 3 aromatic rings. The number of fused-ring (bicyclic) bond motifs is 1. The monoisotopic (exact) mass is 317 g/mol. The number of aryl methyl sites for hydroxylation is 1. The molecule has 0 amide bonds. The van der Waals surface area contributed by atoms with Gasteiger partial charge in [0.2, 0.25) is 5.89 Å². The number of rotatable bonds is 2. The molecule has 0 spiro atoms. The molecular formula is C15H12BrNO2. The third-order valence-electron chi connectivity index (χ3n) is 2.91. The van der Waals surface area contributed by atoms with Crippen LogP contribution < -0.4 is 4.74 Å². The van der Waals surface area contributed by atoms with Gasteiger partial charge in [0.1, 0.15) is 11.3 Å². The van der Waals surface area contributed by atoms with E-state index < -0.39 is 0 Å². The molecule has 0 radical (unpaired) electrons. The summed E-state index contributed by atoms with van der Waals surface area (Å²) in [6, 6.07) is 11.7. The molecule has 0 aliphatic rings. The first-order chi connectivity index (χ1) is 9.17. The van der Waals surface area contributed by atoms with Gasteiger partial charge in [-0.3, -0.25) is 0 Å². The lowest BCUT2D eigenvalue weighted by molar-refractivity contribution is 0.415. The molecule has 0 aliphatic carbocycles. The Bertz CT molecular complexity index is 749. The van der Waals surface area contributed by atoms with Crippen LogP contribution in [0.3, 0.4) is 0 Å². The van der Waals surface area contributed by atoms with E-state index >= 15 is 0 Å². The molecule has 3 nitrogen and oxygen atoms in total. The van der Waals surface area contributed by atoms with Crippen LogP contribution in [0.5, 0.6) is 5.75 Å². The van der Waals surface area contributed by atoms with E-state index in [-0.39, 0.29) is 0 Å². The zero-order valence-corrected chi connectivity index (χ0v) is 12.2. The van der Waals surface area contributed by atoms with Crippen molar-refractivity contribution in [1.29, 1.82) is 0 Å². The van der Waals surface area contributed by atoms with Gasteiger partial charge in [0.15, 0.2) is 5.58 Å². The van der Waals surface area contributed by atoms with Crippen molar-refractivity contribution in [2.24, 2.45) is 0 Å². The smallest absolute Gasteiger partial charge is 0.227 e. The number of hydrogen-bond donors (Lipinski definition) is 0. The van der Waals surface area contributed by atoms with Crippen LogP contribution in [-0.4, -0.2) is 12.1 Å². The molecule has 0 aliphatic heterocycles. The lowest BCUT2D eigenvalue weighted by atomic mass is 10.2. The van der Waals surface area contributed by atoms with Crippen LogP contribution in [0.25, 0.3) is 22.6 Å². The number of halogens is 1. The first-order valence-corrected chi connectivity index (χ1v) is 6.68. The minimum Gasteiger partial charge on any atom is -0.497 e. The summed E-state index contributed by atoms with van der Waals surface area (Å²) < 4.78 is 12.0. The van der Waals surface area contributed by atoms with Crippen LogP contribution in [0.15, 0.2) is 45.3 Å². The highest BCUT2D eigenvalue weighted by atomic mass is 79.9. The number of methoxy groups -OCH3 is 1. The van der Waals surface area contributed by atoms with Crippen LogP contribution >= 0.6 is 15.9 Å². The number of hydrogen-bond acceptors (Lipinski definition) is 3. The Balaban J connectivity index is 2.17. The summed E-state index contributed by atoms with van der Waals surface area (Å²) in [4.78, 5) is 4.53. The van der Waals surface area contributed by atoms with Crippen LogP contribution in [0.4, 0.5) is 0 Å². The van der Waals surface area contributed by atoms with E-state index in [4.69, 9.17) is 9.15 Å². The maximum absolute atomic E-state index is 5.83. The molecule has 0 fully saturated rings. The highest BCUT2D eigenvalue weighted by Crippen LogP contribution is 2.31. The Morgan fingerprint density at radius 2 is 2.05 bits per heavy atom. The largest absolute Gasteiger partial charge is 0.497 e. The van der Waals surface area contributed by atoms with E-state index in [9.17, 15) is 0 Å². The summed E-state index contributed by atoms with van der Waals surface area (Å²) in [5, 5.41) is 0. The normalized spacial score (nSPS) is 10.9. The second-order valence-electron chi connectivity index (χ2n) is 4.35. The van der Waals surface area contributed by atoms with Crippen LogP contribution in [0, 0.1) is 6.92 Å². The molecule has 1 heterocycles. The Hall–Kier alpha value is -1.81. The SMILES string of the molecule is COc1cccc(-c2nc3cc(C)cc(Br)c3o2)c1. The molecule has 1 aromatic heterocycles. The van der Waals surface area contributed by atoms with Gasteiger partial charge in [-0.1, -0.05) is 6.07 Å². The fourth-order valence-corrected chi connectivity index (χ4v) is 2.65. The van der Waals surface area contributed by atoms with E-state index in [0.29, 0.717) is 5.89 Å². The molecule has 0 atom stereocenters. The summed E-state index contributed by atoms with van der Waals surface area (Å²) in [6.07, 6.45) is 0. The van der Waals surface area contributed by atoms with Crippen molar-refractivity contribution in [3.8, 4) is 17.2 Å². The van der Waals surface area contributed by atoms with Gasteiger partial charge in [-0.15, -0.1) is 0 Å². The van der Waals surface area contributed by atoms with E-state index in [0.717, 1.165) is 32.4 Å². The van der Waals surface area contributed by atoms with E-state index in [1.54, 1.807) is 7.11 Å². The Kier molecular flexibility index (Phi) is 3.03. The highest BCUT2D eigenvalue weighted by molar-refractivity contribution is 9.10. The Labute approximate surface area is 119 Å². The number of oxazole rings is 1. The standard InChI is InChI=1S/C15H12BrNO2/c1-9-6-12(16)14-13(7-9)17-15(19-14)10-4-3-5-11(8-10)18-2/h3-8H,1-2H3. The molecule has 3 rings (SSSR count). The zero-order chi connectivity index (χ0) is 13.4. The maximum atomic E-state index is 5.83. The van der Waals surface area contributed by atoms with E-state index in [2.05, 4.69) is 20.9 Å². The minimum absolute atomic E-state index is 0.597. The number of benzene rings is 2. The lowest BCUT2D eigenvalue weighted by Crippen LogP contribution is -1.83. The van der Waals surface area contributed by atoms with Crippen molar-refractivity contribution in [1.82, 2.24) is 4.98 Å². The third kappa shape index (κ3) is 2.24. The predicted molar refractivity (Wildman–Crippen MR) is 78.4 cm³/mol. The molecule has 2 aromatic carbocycles. The summed E-state index contributed by atoms with van der Waals surface area (Å²) >= 11 is 3.50. The molecule has 0 saturated carbocycles. The van der Waals surface area contributed by atoms with Gasteiger partial charge < -0.3 is 9.15 Å². The molecule has 0 saturated heterocycles.